The maximum Gasteiger partial charge on any atom is 0.142 e. The summed E-state index contributed by atoms with van der Waals surface area (Å²) >= 11 is 7.83. The molecule has 3 aromatic rings. The lowest BCUT2D eigenvalue weighted by Crippen LogP contribution is -2.20. The predicted octanol–water partition coefficient (Wildman–Crippen LogP) is 5.34. The van der Waals surface area contributed by atoms with E-state index >= 15 is 0 Å². The van der Waals surface area contributed by atoms with Gasteiger partial charge in [0.1, 0.15) is 10.8 Å². The van der Waals surface area contributed by atoms with Gasteiger partial charge in [-0.05, 0) is 29.7 Å². The Morgan fingerprint density at radius 1 is 1.12 bits per heavy atom. The second kappa shape index (κ2) is 5.81. The second-order valence-corrected chi connectivity index (χ2v) is 7.39. The number of anilines is 1. The van der Waals surface area contributed by atoms with E-state index in [0.717, 1.165) is 37.3 Å². The molecule has 0 fully saturated rings. The Kier molecular flexibility index (Phi) is 3.76. The molecule has 0 spiro atoms. The van der Waals surface area contributed by atoms with E-state index in [0.29, 0.717) is 5.03 Å². The number of nitrogens with one attached hydrogen (secondary N) is 1. The molecular formula is C19H16ClNO2S. The van der Waals surface area contributed by atoms with Gasteiger partial charge in [-0.1, -0.05) is 48.0 Å². The van der Waals surface area contributed by atoms with E-state index in [9.17, 15) is 5.11 Å². The molecule has 0 aliphatic carbocycles. The topological polar surface area (TPSA) is 52.5 Å². The van der Waals surface area contributed by atoms with Crippen LogP contribution in [0.1, 0.15) is 18.1 Å². The zero-order chi connectivity index (χ0) is 16.8. The fourth-order valence-corrected chi connectivity index (χ4v) is 4.38. The van der Waals surface area contributed by atoms with Crippen LogP contribution in [0.5, 0.6) is 0 Å². The number of thiophene rings is 1. The fraction of sp³-hybridized carbons (Fsp3) is 0.158. The van der Waals surface area contributed by atoms with E-state index in [2.05, 4.69) is 11.4 Å². The Hall–Kier alpha value is -2.01. The lowest BCUT2D eigenvalue weighted by Gasteiger charge is -2.21. The minimum Gasteiger partial charge on any atom is -0.506 e. The summed E-state index contributed by atoms with van der Waals surface area (Å²) in [6.07, 6.45) is 0. The van der Waals surface area contributed by atoms with Crippen molar-refractivity contribution in [3.63, 3.8) is 0 Å². The molecule has 0 saturated heterocycles. The van der Waals surface area contributed by atoms with Gasteiger partial charge in [-0.2, -0.15) is 0 Å². The van der Waals surface area contributed by atoms with Crippen molar-refractivity contribution < 1.29 is 10.2 Å². The molecular weight excluding hydrogens is 342 g/mol. The number of rotatable bonds is 2. The first-order valence-electron chi connectivity index (χ1n) is 7.70. The van der Waals surface area contributed by atoms with Crippen molar-refractivity contribution in [1.82, 2.24) is 0 Å². The van der Waals surface area contributed by atoms with Gasteiger partial charge in [-0.15, -0.1) is 11.3 Å². The lowest BCUT2D eigenvalue weighted by atomic mass is 10.0. The second-order valence-electron chi connectivity index (χ2n) is 5.93. The third-order valence-corrected chi connectivity index (χ3v) is 5.94. The Morgan fingerprint density at radius 3 is 2.54 bits per heavy atom. The summed E-state index contributed by atoms with van der Waals surface area (Å²) in [6.45, 7) is 1.98. The normalized spacial score (nSPS) is 17.0. The van der Waals surface area contributed by atoms with Crippen LogP contribution in [-0.2, 0) is 6.61 Å². The molecule has 1 unspecified atom stereocenters. The number of aliphatic hydroxyl groups is 2. The number of fused-ring (bicyclic) bond motifs is 3. The van der Waals surface area contributed by atoms with E-state index in [1.807, 2.05) is 43.3 Å². The Labute approximate surface area is 148 Å². The van der Waals surface area contributed by atoms with E-state index in [1.54, 1.807) is 11.3 Å². The molecule has 1 aliphatic rings. The molecule has 0 radical (unpaired) electrons. The number of benzene rings is 2. The molecule has 1 aromatic heterocycles. The Balaban J connectivity index is 1.83. The molecule has 0 bridgehead atoms. The highest BCUT2D eigenvalue weighted by molar-refractivity contribution is 7.23. The zero-order valence-electron chi connectivity index (χ0n) is 13.0. The maximum atomic E-state index is 10.4. The first kappa shape index (κ1) is 15.5. The molecule has 2 heterocycles. The molecule has 5 heteroatoms. The van der Waals surface area contributed by atoms with Crippen molar-refractivity contribution in [2.45, 2.75) is 19.6 Å². The van der Waals surface area contributed by atoms with Crippen LogP contribution in [-0.4, -0.2) is 16.3 Å². The Morgan fingerprint density at radius 2 is 1.83 bits per heavy atom. The molecule has 2 aromatic carbocycles. The summed E-state index contributed by atoms with van der Waals surface area (Å²) < 4.78 is 1.10. The van der Waals surface area contributed by atoms with Crippen LogP contribution in [0.3, 0.4) is 0 Å². The number of aliphatic hydroxyl groups excluding tert-OH is 2. The number of halogens is 1. The molecule has 0 amide bonds. The van der Waals surface area contributed by atoms with Crippen molar-refractivity contribution in [2.24, 2.45) is 0 Å². The highest BCUT2D eigenvalue weighted by Crippen LogP contribution is 2.45. The van der Waals surface area contributed by atoms with Crippen LogP contribution < -0.4 is 5.32 Å². The van der Waals surface area contributed by atoms with Gasteiger partial charge in [0.2, 0.25) is 0 Å². The maximum absolute atomic E-state index is 10.4. The van der Waals surface area contributed by atoms with Gasteiger partial charge >= 0.3 is 0 Å². The summed E-state index contributed by atoms with van der Waals surface area (Å²) in [4.78, 5) is 0. The third-order valence-electron chi connectivity index (χ3n) is 4.35. The van der Waals surface area contributed by atoms with E-state index in [1.165, 1.54) is 0 Å². The highest BCUT2D eigenvalue weighted by Gasteiger charge is 2.26. The standard InChI is InChI=1S/C19H16ClNO2S/c1-10-17(20)18(23)16-14-7-6-13(8-15(14)24-19(16)21-10)12-4-2-11(9-22)3-5-12/h2-8,10,21-23H,9H2,1H3. The molecule has 122 valence electrons. The van der Waals surface area contributed by atoms with Crippen LogP contribution >= 0.6 is 22.9 Å². The minimum atomic E-state index is -0.0854. The summed E-state index contributed by atoms with van der Waals surface area (Å²) in [6, 6.07) is 14.0. The van der Waals surface area contributed by atoms with Gasteiger partial charge in [0.15, 0.2) is 0 Å². The minimum absolute atomic E-state index is 0.0488. The van der Waals surface area contributed by atoms with Crippen molar-refractivity contribution >= 4 is 43.8 Å². The average Bonchev–Trinajstić information content (AvgIpc) is 2.97. The van der Waals surface area contributed by atoms with Gasteiger partial charge in [0.25, 0.3) is 0 Å². The van der Waals surface area contributed by atoms with Crippen LogP contribution in [0.25, 0.3) is 27.0 Å². The summed E-state index contributed by atoms with van der Waals surface area (Å²) in [5, 5.41) is 25.3. The SMILES string of the molecule is CC1Nc2sc3cc(-c4ccc(CO)cc4)ccc3c2C(O)=C1Cl. The van der Waals surface area contributed by atoms with E-state index < -0.39 is 0 Å². The molecule has 4 rings (SSSR count). The molecule has 0 saturated carbocycles. The quantitative estimate of drug-likeness (QED) is 0.580. The van der Waals surface area contributed by atoms with Crippen LogP contribution in [0, 0.1) is 0 Å². The largest absolute Gasteiger partial charge is 0.506 e. The fourth-order valence-electron chi connectivity index (χ4n) is 3.00. The van der Waals surface area contributed by atoms with Crippen molar-refractivity contribution in [1.29, 1.82) is 0 Å². The van der Waals surface area contributed by atoms with Crippen molar-refractivity contribution in [2.75, 3.05) is 5.32 Å². The molecule has 1 atom stereocenters. The highest BCUT2D eigenvalue weighted by atomic mass is 35.5. The Bertz CT molecular complexity index is 959. The van der Waals surface area contributed by atoms with Gasteiger partial charge < -0.3 is 15.5 Å². The molecule has 3 N–H and O–H groups in total. The smallest absolute Gasteiger partial charge is 0.142 e. The third kappa shape index (κ3) is 2.38. The summed E-state index contributed by atoms with van der Waals surface area (Å²) in [5.41, 5.74) is 3.89. The first-order valence-corrected chi connectivity index (χ1v) is 8.90. The number of hydrogen-bond acceptors (Lipinski definition) is 4. The van der Waals surface area contributed by atoms with E-state index in [-0.39, 0.29) is 18.4 Å². The molecule has 24 heavy (non-hydrogen) atoms. The molecule has 3 nitrogen and oxygen atoms in total. The van der Waals surface area contributed by atoms with Crippen LogP contribution in [0.4, 0.5) is 5.00 Å². The number of hydrogen-bond donors (Lipinski definition) is 3. The average molecular weight is 358 g/mol. The van der Waals surface area contributed by atoms with Gasteiger partial charge in [0.05, 0.1) is 23.2 Å². The van der Waals surface area contributed by atoms with Crippen LogP contribution in [0.2, 0.25) is 0 Å². The monoisotopic (exact) mass is 357 g/mol. The van der Waals surface area contributed by atoms with Crippen LogP contribution in [0.15, 0.2) is 47.5 Å². The van der Waals surface area contributed by atoms with Gasteiger partial charge in [-0.3, -0.25) is 0 Å². The van der Waals surface area contributed by atoms with Gasteiger partial charge in [-0.25, -0.2) is 0 Å². The zero-order valence-corrected chi connectivity index (χ0v) is 14.6. The molecule has 1 aliphatic heterocycles. The first-order chi connectivity index (χ1) is 11.6. The summed E-state index contributed by atoms with van der Waals surface area (Å²) in [7, 11) is 0. The van der Waals surface area contributed by atoms with Gasteiger partial charge in [0, 0.05) is 10.1 Å². The van der Waals surface area contributed by atoms with Crippen molar-refractivity contribution in [3.8, 4) is 11.1 Å². The van der Waals surface area contributed by atoms with E-state index in [4.69, 9.17) is 16.7 Å². The predicted molar refractivity (Wildman–Crippen MR) is 102 cm³/mol. The van der Waals surface area contributed by atoms with Crippen molar-refractivity contribution in [3.05, 3.63) is 58.6 Å². The lowest BCUT2D eigenvalue weighted by molar-refractivity contribution is 0.282. The summed E-state index contributed by atoms with van der Waals surface area (Å²) in [5.74, 6) is 0.171.